The molecule has 1 saturated heterocycles. The van der Waals surface area contributed by atoms with Crippen molar-refractivity contribution in [3.05, 3.63) is 46.5 Å². The SMILES string of the molecule is CC(C)(C)c1cc([C@@H](c2cc3c(cc2O)OCO3)N2CCOCC2)cc(C(C)(C)C)c1O. The van der Waals surface area contributed by atoms with Gasteiger partial charge in [-0.3, -0.25) is 4.90 Å². The van der Waals surface area contributed by atoms with Crippen LogP contribution < -0.4 is 9.47 Å². The van der Waals surface area contributed by atoms with E-state index >= 15 is 0 Å². The smallest absolute Gasteiger partial charge is 0.231 e. The Hall–Kier alpha value is -2.44. The summed E-state index contributed by atoms with van der Waals surface area (Å²) in [5.74, 6) is 1.73. The molecule has 0 saturated carbocycles. The van der Waals surface area contributed by atoms with Crippen molar-refractivity contribution in [1.82, 2.24) is 4.90 Å². The predicted molar refractivity (Wildman–Crippen MR) is 124 cm³/mol. The van der Waals surface area contributed by atoms with Crippen molar-refractivity contribution in [3.8, 4) is 23.0 Å². The van der Waals surface area contributed by atoms with Crippen LogP contribution in [0.1, 0.15) is 69.8 Å². The van der Waals surface area contributed by atoms with E-state index in [1.807, 2.05) is 6.07 Å². The minimum absolute atomic E-state index is 0.155. The van der Waals surface area contributed by atoms with E-state index in [1.54, 1.807) is 6.07 Å². The number of aromatic hydroxyl groups is 2. The summed E-state index contributed by atoms with van der Waals surface area (Å²) in [6.07, 6.45) is 0. The van der Waals surface area contributed by atoms with Crippen molar-refractivity contribution in [2.75, 3.05) is 33.1 Å². The van der Waals surface area contributed by atoms with Gasteiger partial charge in [-0.1, -0.05) is 41.5 Å². The first-order valence-electron chi connectivity index (χ1n) is 11.3. The van der Waals surface area contributed by atoms with Gasteiger partial charge in [-0.2, -0.15) is 0 Å². The minimum atomic E-state index is -0.243. The highest BCUT2D eigenvalue weighted by molar-refractivity contribution is 5.57. The molecule has 6 heteroatoms. The van der Waals surface area contributed by atoms with Crippen molar-refractivity contribution in [1.29, 1.82) is 0 Å². The molecule has 0 unspecified atom stereocenters. The van der Waals surface area contributed by atoms with Gasteiger partial charge in [0.1, 0.15) is 11.5 Å². The van der Waals surface area contributed by atoms with Crippen LogP contribution in [-0.2, 0) is 15.6 Å². The zero-order valence-corrected chi connectivity index (χ0v) is 20.0. The van der Waals surface area contributed by atoms with E-state index in [1.165, 1.54) is 0 Å². The number of ether oxygens (including phenoxy) is 3. The molecule has 2 aromatic carbocycles. The zero-order valence-electron chi connectivity index (χ0n) is 20.0. The van der Waals surface area contributed by atoms with Crippen molar-refractivity contribution in [2.45, 2.75) is 58.4 Å². The van der Waals surface area contributed by atoms with Crippen LogP contribution >= 0.6 is 0 Å². The van der Waals surface area contributed by atoms with E-state index in [4.69, 9.17) is 14.2 Å². The van der Waals surface area contributed by atoms with Crippen LogP contribution in [0.2, 0.25) is 0 Å². The Bertz CT molecular complexity index is 961. The first kappa shape index (κ1) is 22.7. The summed E-state index contributed by atoms with van der Waals surface area (Å²) in [6.45, 7) is 15.6. The van der Waals surface area contributed by atoms with Crippen LogP contribution in [0.3, 0.4) is 0 Å². The van der Waals surface area contributed by atoms with Crippen LogP contribution in [0.5, 0.6) is 23.0 Å². The summed E-state index contributed by atoms with van der Waals surface area (Å²) in [5.41, 5.74) is 3.12. The summed E-state index contributed by atoms with van der Waals surface area (Å²) in [5, 5.41) is 22.2. The third-order valence-corrected chi connectivity index (χ3v) is 6.29. The Labute approximate surface area is 190 Å². The zero-order chi connectivity index (χ0) is 23.3. The van der Waals surface area contributed by atoms with Crippen molar-refractivity contribution < 1.29 is 24.4 Å². The van der Waals surface area contributed by atoms with Gasteiger partial charge in [-0.25, -0.2) is 0 Å². The number of phenolic OH excluding ortho intramolecular Hbond substituents is 2. The van der Waals surface area contributed by atoms with Crippen LogP contribution in [0, 0.1) is 0 Å². The molecule has 0 aromatic heterocycles. The maximum Gasteiger partial charge on any atom is 0.231 e. The summed E-state index contributed by atoms with van der Waals surface area (Å²) < 4.78 is 16.7. The van der Waals surface area contributed by atoms with Gasteiger partial charge in [-0.15, -0.1) is 0 Å². The summed E-state index contributed by atoms with van der Waals surface area (Å²) in [4.78, 5) is 2.33. The highest BCUT2D eigenvalue weighted by Gasteiger charge is 2.33. The van der Waals surface area contributed by atoms with Gasteiger partial charge in [0.25, 0.3) is 0 Å². The fourth-order valence-electron chi connectivity index (χ4n) is 4.55. The molecule has 1 fully saturated rings. The number of rotatable bonds is 3. The van der Waals surface area contributed by atoms with E-state index in [0.29, 0.717) is 30.5 Å². The average molecular weight is 442 g/mol. The number of fused-ring (bicyclic) bond motifs is 1. The molecule has 2 aliphatic rings. The first-order chi connectivity index (χ1) is 15.0. The quantitative estimate of drug-likeness (QED) is 0.710. The molecule has 6 nitrogen and oxygen atoms in total. The second kappa shape index (κ2) is 8.16. The number of phenols is 2. The lowest BCUT2D eigenvalue weighted by Gasteiger charge is -2.37. The molecule has 0 aliphatic carbocycles. The third-order valence-electron chi connectivity index (χ3n) is 6.29. The highest BCUT2D eigenvalue weighted by atomic mass is 16.7. The molecule has 4 rings (SSSR count). The number of hydrogen-bond donors (Lipinski definition) is 2. The Kier molecular flexibility index (Phi) is 5.80. The second-order valence-corrected chi connectivity index (χ2v) is 10.8. The Morgan fingerprint density at radius 1 is 0.812 bits per heavy atom. The first-order valence-corrected chi connectivity index (χ1v) is 11.3. The molecule has 0 radical (unpaired) electrons. The fraction of sp³-hybridized carbons (Fsp3) is 0.538. The van der Waals surface area contributed by atoms with E-state index < -0.39 is 0 Å². The Morgan fingerprint density at radius 3 is 1.88 bits per heavy atom. The second-order valence-electron chi connectivity index (χ2n) is 10.8. The van der Waals surface area contributed by atoms with E-state index in [9.17, 15) is 10.2 Å². The van der Waals surface area contributed by atoms with Gasteiger partial charge in [-0.05, 0) is 45.7 Å². The van der Waals surface area contributed by atoms with Crippen molar-refractivity contribution >= 4 is 0 Å². The fourth-order valence-corrected chi connectivity index (χ4v) is 4.55. The van der Waals surface area contributed by atoms with E-state index in [2.05, 4.69) is 58.6 Å². The monoisotopic (exact) mass is 441 g/mol. The molecule has 2 heterocycles. The number of nitrogens with zero attached hydrogens (tertiary/aromatic N) is 1. The molecule has 2 N–H and O–H groups in total. The molecule has 0 spiro atoms. The Morgan fingerprint density at radius 2 is 1.34 bits per heavy atom. The van der Waals surface area contributed by atoms with Gasteiger partial charge < -0.3 is 24.4 Å². The van der Waals surface area contributed by atoms with Gasteiger partial charge in [0.15, 0.2) is 11.5 Å². The largest absolute Gasteiger partial charge is 0.507 e. The van der Waals surface area contributed by atoms with Gasteiger partial charge in [0, 0.05) is 24.7 Å². The molecule has 174 valence electrons. The standard InChI is InChI=1S/C26H35NO5/c1-25(2,3)18-11-16(12-19(24(18)29)26(4,5)6)23(27-7-9-30-10-8-27)17-13-21-22(14-20(17)28)32-15-31-21/h11-14,23,28-29H,7-10,15H2,1-6H3/t23-/m0/s1. The predicted octanol–water partition coefficient (Wildman–Crippen LogP) is 4.84. The van der Waals surface area contributed by atoms with Gasteiger partial charge in [0.2, 0.25) is 6.79 Å². The number of benzene rings is 2. The number of morpholine rings is 1. The van der Waals surface area contributed by atoms with Gasteiger partial charge >= 0.3 is 0 Å². The molecule has 2 aliphatic heterocycles. The molecular formula is C26H35NO5. The maximum atomic E-state index is 11.2. The average Bonchev–Trinajstić information content (AvgIpc) is 3.15. The van der Waals surface area contributed by atoms with E-state index in [0.717, 1.165) is 35.3 Å². The van der Waals surface area contributed by atoms with Crippen molar-refractivity contribution in [3.63, 3.8) is 0 Å². The summed E-state index contributed by atoms with van der Waals surface area (Å²) >= 11 is 0. The molecule has 32 heavy (non-hydrogen) atoms. The normalized spacial score (nSPS) is 18.1. The number of hydrogen-bond acceptors (Lipinski definition) is 6. The lowest BCUT2D eigenvalue weighted by molar-refractivity contribution is 0.0235. The molecule has 2 aromatic rings. The summed E-state index contributed by atoms with van der Waals surface area (Å²) in [7, 11) is 0. The van der Waals surface area contributed by atoms with Gasteiger partial charge in [0.05, 0.1) is 19.3 Å². The third kappa shape index (κ3) is 4.26. The molecule has 0 bridgehead atoms. The molecule has 0 amide bonds. The van der Waals surface area contributed by atoms with Crippen LogP contribution in [0.4, 0.5) is 0 Å². The molecular weight excluding hydrogens is 406 g/mol. The lowest BCUT2D eigenvalue weighted by Crippen LogP contribution is -2.39. The van der Waals surface area contributed by atoms with Crippen LogP contribution in [0.15, 0.2) is 24.3 Å². The highest BCUT2D eigenvalue weighted by Crippen LogP contribution is 2.46. The topological polar surface area (TPSA) is 71.4 Å². The maximum absolute atomic E-state index is 11.2. The minimum Gasteiger partial charge on any atom is -0.507 e. The lowest BCUT2D eigenvalue weighted by atomic mass is 9.77. The summed E-state index contributed by atoms with van der Waals surface area (Å²) in [6, 6.07) is 7.50. The molecule has 1 atom stereocenters. The van der Waals surface area contributed by atoms with E-state index in [-0.39, 0.29) is 29.4 Å². The van der Waals surface area contributed by atoms with Crippen molar-refractivity contribution in [2.24, 2.45) is 0 Å². The van der Waals surface area contributed by atoms with Crippen LogP contribution in [0.25, 0.3) is 0 Å². The van der Waals surface area contributed by atoms with Crippen LogP contribution in [-0.4, -0.2) is 48.2 Å². The Balaban J connectivity index is 1.94.